The molecule has 0 atom stereocenters. The fourth-order valence-electron chi connectivity index (χ4n) is 3.44. The Bertz CT molecular complexity index is 1430. The fourth-order valence-corrected chi connectivity index (χ4v) is 4.47. The van der Waals surface area contributed by atoms with E-state index in [-0.39, 0.29) is 23.9 Å². The van der Waals surface area contributed by atoms with E-state index in [9.17, 15) is 14.0 Å². The van der Waals surface area contributed by atoms with Gasteiger partial charge in [-0.05, 0) is 48.5 Å². The van der Waals surface area contributed by atoms with Gasteiger partial charge in [0, 0.05) is 21.8 Å². The largest absolute Gasteiger partial charge is 0.497 e. The molecule has 0 bridgehead atoms. The van der Waals surface area contributed by atoms with Crippen LogP contribution in [0.25, 0.3) is 5.69 Å². The van der Waals surface area contributed by atoms with Gasteiger partial charge < -0.3 is 20.1 Å². The van der Waals surface area contributed by atoms with Crippen molar-refractivity contribution in [1.29, 1.82) is 0 Å². The summed E-state index contributed by atoms with van der Waals surface area (Å²) in [5.74, 6) is 0.125. The number of amides is 2. The molecule has 0 radical (unpaired) electrons. The quantitative estimate of drug-likeness (QED) is 0.251. The summed E-state index contributed by atoms with van der Waals surface area (Å²) in [5.41, 5.74) is 1.20. The molecule has 196 valence electrons. The van der Waals surface area contributed by atoms with Crippen molar-refractivity contribution in [2.24, 2.45) is 0 Å². The third-order valence-corrected chi connectivity index (χ3v) is 6.74. The Kier molecular flexibility index (Phi) is 8.98. The van der Waals surface area contributed by atoms with Crippen molar-refractivity contribution in [1.82, 2.24) is 20.1 Å². The van der Waals surface area contributed by atoms with E-state index in [4.69, 9.17) is 9.47 Å². The first-order chi connectivity index (χ1) is 18.4. The zero-order valence-electron chi connectivity index (χ0n) is 20.4. The van der Waals surface area contributed by atoms with Crippen molar-refractivity contribution >= 4 is 45.2 Å². The van der Waals surface area contributed by atoms with Gasteiger partial charge in [0.25, 0.3) is 5.91 Å². The molecule has 38 heavy (non-hydrogen) atoms. The van der Waals surface area contributed by atoms with Crippen LogP contribution in [-0.2, 0) is 11.3 Å². The van der Waals surface area contributed by atoms with Crippen LogP contribution in [0.15, 0.2) is 76.4 Å². The number of thioether (sulfide) groups is 1. The Hall–Kier alpha value is -3.90. The highest BCUT2D eigenvalue weighted by molar-refractivity contribution is 9.10. The Balaban J connectivity index is 1.52. The number of hydrogen-bond donors (Lipinski definition) is 2. The Labute approximate surface area is 230 Å². The normalized spacial score (nSPS) is 10.6. The molecular weight excluding hydrogens is 577 g/mol. The molecule has 1 aromatic heterocycles. The van der Waals surface area contributed by atoms with Crippen LogP contribution >= 0.6 is 27.7 Å². The molecule has 0 fully saturated rings. The average molecular weight is 600 g/mol. The molecule has 0 aliphatic carbocycles. The van der Waals surface area contributed by atoms with Gasteiger partial charge in [-0.15, -0.1) is 10.2 Å². The minimum Gasteiger partial charge on any atom is -0.497 e. The molecule has 0 saturated carbocycles. The SMILES string of the molecule is COc1cc(OC)cc(C(=O)NCc2nnc(SCC(=O)Nc3ccccc3F)n2-c2ccc(Br)cc2)c1. The maximum absolute atomic E-state index is 13.9. The van der Waals surface area contributed by atoms with Crippen molar-refractivity contribution in [2.75, 3.05) is 25.3 Å². The van der Waals surface area contributed by atoms with Crippen LogP contribution in [0.5, 0.6) is 11.5 Å². The Morgan fingerprint density at radius 1 is 1.00 bits per heavy atom. The van der Waals surface area contributed by atoms with E-state index in [1.165, 1.54) is 26.4 Å². The molecule has 9 nitrogen and oxygen atoms in total. The summed E-state index contributed by atoms with van der Waals surface area (Å²) in [4.78, 5) is 25.4. The summed E-state index contributed by atoms with van der Waals surface area (Å²) in [6.45, 7) is 0.0589. The van der Waals surface area contributed by atoms with E-state index in [1.54, 1.807) is 34.9 Å². The lowest BCUT2D eigenvalue weighted by atomic mass is 10.2. The third kappa shape index (κ3) is 6.69. The summed E-state index contributed by atoms with van der Waals surface area (Å²) in [7, 11) is 3.01. The maximum Gasteiger partial charge on any atom is 0.251 e. The number of para-hydroxylation sites is 1. The fraction of sp³-hybridized carbons (Fsp3) is 0.154. The van der Waals surface area contributed by atoms with Gasteiger partial charge in [0.2, 0.25) is 5.91 Å². The van der Waals surface area contributed by atoms with Crippen molar-refractivity contribution in [3.8, 4) is 17.2 Å². The second-order valence-corrected chi connectivity index (χ2v) is 9.67. The predicted octanol–water partition coefficient (Wildman–Crippen LogP) is 4.85. The number of methoxy groups -OCH3 is 2. The van der Waals surface area contributed by atoms with Crippen molar-refractivity contribution < 1.29 is 23.5 Å². The van der Waals surface area contributed by atoms with Crippen LogP contribution in [0, 0.1) is 5.82 Å². The predicted molar refractivity (Wildman–Crippen MR) is 146 cm³/mol. The number of nitrogens with zero attached hydrogens (tertiary/aromatic N) is 3. The van der Waals surface area contributed by atoms with Gasteiger partial charge >= 0.3 is 0 Å². The number of aromatic nitrogens is 3. The first kappa shape index (κ1) is 27.1. The molecule has 0 aliphatic heterocycles. The summed E-state index contributed by atoms with van der Waals surface area (Å²) >= 11 is 4.56. The number of rotatable bonds is 10. The van der Waals surface area contributed by atoms with Gasteiger partial charge in [-0.3, -0.25) is 14.2 Å². The molecular formula is C26H23BrFN5O4S. The lowest BCUT2D eigenvalue weighted by molar-refractivity contribution is -0.113. The van der Waals surface area contributed by atoms with Crippen LogP contribution in [0.4, 0.5) is 10.1 Å². The van der Waals surface area contributed by atoms with Crippen molar-refractivity contribution in [2.45, 2.75) is 11.7 Å². The molecule has 4 aromatic rings. The van der Waals surface area contributed by atoms with Gasteiger partial charge in [-0.25, -0.2) is 4.39 Å². The number of carbonyl (C=O) groups excluding carboxylic acids is 2. The van der Waals surface area contributed by atoms with Crippen LogP contribution in [0.3, 0.4) is 0 Å². The monoisotopic (exact) mass is 599 g/mol. The summed E-state index contributed by atoms with van der Waals surface area (Å²) in [6, 6.07) is 18.3. The first-order valence-corrected chi connectivity index (χ1v) is 13.0. The molecule has 0 spiro atoms. The summed E-state index contributed by atoms with van der Waals surface area (Å²) in [6.07, 6.45) is 0. The highest BCUT2D eigenvalue weighted by Crippen LogP contribution is 2.25. The van der Waals surface area contributed by atoms with Gasteiger partial charge in [-0.2, -0.15) is 0 Å². The maximum atomic E-state index is 13.9. The van der Waals surface area contributed by atoms with E-state index in [1.807, 2.05) is 24.3 Å². The standard InChI is InChI=1S/C26H23BrFN5O4S/c1-36-19-11-16(12-20(13-19)37-2)25(35)29-14-23-31-32-26(33(23)18-9-7-17(27)8-10-18)38-15-24(34)30-22-6-4-3-5-21(22)28/h3-13H,14-15H2,1-2H3,(H,29,35)(H,30,34). The summed E-state index contributed by atoms with van der Waals surface area (Å²) < 4.78 is 27.0. The van der Waals surface area contributed by atoms with Gasteiger partial charge in [0.15, 0.2) is 11.0 Å². The molecule has 3 aromatic carbocycles. The minimum absolute atomic E-state index is 0.0288. The smallest absolute Gasteiger partial charge is 0.251 e. The molecule has 0 saturated heterocycles. The number of carbonyl (C=O) groups is 2. The molecule has 0 aliphatic rings. The molecule has 1 heterocycles. The Morgan fingerprint density at radius 2 is 1.68 bits per heavy atom. The van der Waals surface area contributed by atoms with Crippen LogP contribution < -0.4 is 20.1 Å². The number of anilines is 1. The first-order valence-electron chi connectivity index (χ1n) is 11.3. The molecule has 2 amide bonds. The van der Waals surface area contributed by atoms with Crippen LogP contribution in [-0.4, -0.2) is 46.6 Å². The van der Waals surface area contributed by atoms with Gasteiger partial charge in [-0.1, -0.05) is 39.8 Å². The second kappa shape index (κ2) is 12.6. The van der Waals surface area contributed by atoms with E-state index in [0.717, 1.165) is 21.9 Å². The lowest BCUT2D eigenvalue weighted by Crippen LogP contribution is -2.24. The lowest BCUT2D eigenvalue weighted by Gasteiger charge is -2.12. The van der Waals surface area contributed by atoms with E-state index >= 15 is 0 Å². The number of nitrogens with one attached hydrogen (secondary N) is 2. The minimum atomic E-state index is -0.518. The number of benzene rings is 3. The topological polar surface area (TPSA) is 107 Å². The highest BCUT2D eigenvalue weighted by atomic mass is 79.9. The van der Waals surface area contributed by atoms with E-state index in [2.05, 4.69) is 36.8 Å². The highest BCUT2D eigenvalue weighted by Gasteiger charge is 2.18. The van der Waals surface area contributed by atoms with Crippen molar-refractivity contribution in [3.05, 3.63) is 88.4 Å². The van der Waals surface area contributed by atoms with E-state index in [0.29, 0.717) is 28.0 Å². The van der Waals surface area contributed by atoms with Gasteiger partial charge in [0.05, 0.1) is 32.2 Å². The van der Waals surface area contributed by atoms with E-state index < -0.39 is 11.7 Å². The number of halogens is 2. The average Bonchev–Trinajstić information content (AvgIpc) is 3.34. The summed E-state index contributed by atoms with van der Waals surface area (Å²) in [5, 5.41) is 14.3. The Morgan fingerprint density at radius 3 is 2.34 bits per heavy atom. The second-order valence-electron chi connectivity index (χ2n) is 7.81. The molecule has 2 N–H and O–H groups in total. The van der Waals surface area contributed by atoms with Crippen LogP contribution in [0.1, 0.15) is 16.2 Å². The molecule has 0 unspecified atom stereocenters. The van der Waals surface area contributed by atoms with Crippen molar-refractivity contribution in [3.63, 3.8) is 0 Å². The van der Waals surface area contributed by atoms with Crippen LogP contribution in [0.2, 0.25) is 0 Å². The third-order valence-electron chi connectivity index (χ3n) is 5.29. The zero-order valence-corrected chi connectivity index (χ0v) is 22.8. The van der Waals surface area contributed by atoms with Gasteiger partial charge in [0.1, 0.15) is 17.3 Å². The molecule has 12 heteroatoms. The number of hydrogen-bond acceptors (Lipinski definition) is 7. The number of ether oxygens (including phenoxy) is 2. The zero-order chi connectivity index (χ0) is 27.1. The molecule has 4 rings (SSSR count).